The normalized spacial score (nSPS) is 12.3. The Morgan fingerprint density at radius 1 is 1.58 bits per heavy atom. The summed E-state index contributed by atoms with van der Waals surface area (Å²) in [5, 5.41) is 3.99. The van der Waals surface area contributed by atoms with E-state index in [4.69, 9.17) is 11.6 Å². The fraction of sp³-hybridized carbons (Fsp3) is 0.250. The first kappa shape index (κ1) is 9.40. The van der Waals surface area contributed by atoms with Crippen molar-refractivity contribution in [1.29, 1.82) is 0 Å². The van der Waals surface area contributed by atoms with Crippen molar-refractivity contribution in [3.63, 3.8) is 0 Å². The number of nitrogens with one attached hydrogen (secondary N) is 1. The zero-order chi connectivity index (χ0) is 9.35. The van der Waals surface area contributed by atoms with Crippen LogP contribution >= 0.6 is 11.6 Å². The highest BCUT2D eigenvalue weighted by molar-refractivity contribution is 7.91. The second-order valence-electron chi connectivity index (χ2n) is 1.85. The molecule has 0 aliphatic carbocycles. The summed E-state index contributed by atoms with van der Waals surface area (Å²) < 4.78 is 45.1. The van der Waals surface area contributed by atoms with E-state index < -0.39 is 20.6 Å². The minimum Gasteiger partial charge on any atom is -0.266 e. The van der Waals surface area contributed by atoms with Gasteiger partial charge >= 0.3 is 5.76 Å². The van der Waals surface area contributed by atoms with E-state index in [2.05, 4.69) is 5.10 Å². The van der Waals surface area contributed by atoms with Gasteiger partial charge in [0.1, 0.15) is 0 Å². The van der Waals surface area contributed by atoms with Crippen molar-refractivity contribution in [2.45, 2.75) is 10.8 Å². The zero-order valence-corrected chi connectivity index (χ0v) is 7.03. The standard InChI is InChI=1S/C4H3ClF2N2O2S/c5-2-1-8-9-3(2)12(10,11)4(6)7/h1,4H,(H,8,9). The second kappa shape index (κ2) is 2.98. The van der Waals surface area contributed by atoms with Gasteiger partial charge in [-0.15, -0.1) is 0 Å². The van der Waals surface area contributed by atoms with Crippen molar-refractivity contribution >= 4 is 21.4 Å². The fourth-order valence-electron chi connectivity index (χ4n) is 0.548. The molecule has 1 aromatic rings. The smallest absolute Gasteiger partial charge is 0.266 e. The van der Waals surface area contributed by atoms with Crippen LogP contribution in [0.2, 0.25) is 5.02 Å². The van der Waals surface area contributed by atoms with Gasteiger partial charge < -0.3 is 0 Å². The van der Waals surface area contributed by atoms with Crippen LogP contribution in [0.5, 0.6) is 0 Å². The number of hydrogen-bond donors (Lipinski definition) is 1. The van der Waals surface area contributed by atoms with Gasteiger partial charge in [-0.05, 0) is 0 Å². The number of sulfone groups is 1. The van der Waals surface area contributed by atoms with Crippen molar-refractivity contribution in [3.05, 3.63) is 11.2 Å². The van der Waals surface area contributed by atoms with Crippen molar-refractivity contribution in [2.75, 3.05) is 0 Å². The molecule has 0 fully saturated rings. The predicted octanol–water partition coefficient (Wildman–Crippen LogP) is 1.06. The third-order valence-electron chi connectivity index (χ3n) is 1.08. The Hall–Kier alpha value is -0.690. The number of alkyl halides is 2. The first-order valence-electron chi connectivity index (χ1n) is 2.67. The summed E-state index contributed by atoms with van der Waals surface area (Å²) in [5.41, 5.74) is 0. The number of aromatic amines is 1. The van der Waals surface area contributed by atoms with Gasteiger partial charge in [-0.25, -0.2) is 8.42 Å². The number of nitrogens with zero attached hydrogens (tertiary/aromatic N) is 1. The Morgan fingerprint density at radius 2 is 2.17 bits per heavy atom. The van der Waals surface area contributed by atoms with E-state index in [0.29, 0.717) is 0 Å². The van der Waals surface area contributed by atoms with E-state index in [1.165, 1.54) is 0 Å². The van der Waals surface area contributed by atoms with Gasteiger partial charge in [-0.2, -0.15) is 13.9 Å². The average molecular weight is 217 g/mol. The van der Waals surface area contributed by atoms with Crippen molar-refractivity contribution < 1.29 is 17.2 Å². The molecule has 0 aliphatic rings. The highest BCUT2D eigenvalue weighted by atomic mass is 35.5. The monoisotopic (exact) mass is 216 g/mol. The zero-order valence-electron chi connectivity index (χ0n) is 5.46. The van der Waals surface area contributed by atoms with Gasteiger partial charge in [0.2, 0.25) is 0 Å². The van der Waals surface area contributed by atoms with Gasteiger partial charge in [0, 0.05) is 0 Å². The number of hydrogen-bond acceptors (Lipinski definition) is 3. The van der Waals surface area contributed by atoms with E-state index in [9.17, 15) is 17.2 Å². The van der Waals surface area contributed by atoms with Crippen molar-refractivity contribution in [2.24, 2.45) is 0 Å². The molecular formula is C4H3ClF2N2O2S. The summed E-state index contributed by atoms with van der Waals surface area (Å²) in [6, 6.07) is 0. The molecule has 8 heteroatoms. The Bertz CT molecular complexity index is 374. The highest BCUT2D eigenvalue weighted by Gasteiger charge is 2.30. The Balaban J connectivity index is 3.24. The predicted molar refractivity (Wildman–Crippen MR) is 36.8 cm³/mol. The summed E-state index contributed by atoms with van der Waals surface area (Å²) in [7, 11) is -4.65. The molecule has 0 saturated carbocycles. The number of aromatic nitrogens is 2. The molecule has 1 rings (SSSR count). The third kappa shape index (κ3) is 1.42. The first-order valence-corrected chi connectivity index (χ1v) is 4.59. The van der Waals surface area contributed by atoms with Gasteiger partial charge in [-0.1, -0.05) is 11.6 Å². The number of halogens is 3. The van der Waals surface area contributed by atoms with Crippen molar-refractivity contribution in [3.8, 4) is 0 Å². The van der Waals surface area contributed by atoms with E-state index in [0.717, 1.165) is 6.20 Å². The Kier molecular flexibility index (Phi) is 2.34. The van der Waals surface area contributed by atoms with Gasteiger partial charge in [0.15, 0.2) is 5.03 Å². The molecule has 0 unspecified atom stereocenters. The van der Waals surface area contributed by atoms with Gasteiger partial charge in [-0.3, -0.25) is 5.10 Å². The highest BCUT2D eigenvalue weighted by Crippen LogP contribution is 2.22. The maximum Gasteiger partial charge on any atom is 0.342 e. The van der Waals surface area contributed by atoms with E-state index in [1.54, 1.807) is 0 Å². The molecular weight excluding hydrogens is 214 g/mol. The lowest BCUT2D eigenvalue weighted by atomic mass is 10.7. The van der Waals surface area contributed by atoms with Crippen LogP contribution in [0.25, 0.3) is 0 Å². The molecule has 12 heavy (non-hydrogen) atoms. The molecule has 0 bridgehead atoms. The molecule has 68 valence electrons. The van der Waals surface area contributed by atoms with E-state index >= 15 is 0 Å². The Labute approximate surface area is 71.5 Å². The SMILES string of the molecule is O=S(=O)(c1[nH]ncc1Cl)C(F)F. The maximum absolute atomic E-state index is 11.9. The lowest BCUT2D eigenvalue weighted by Crippen LogP contribution is -2.12. The Morgan fingerprint density at radius 3 is 2.50 bits per heavy atom. The summed E-state index contributed by atoms with van der Waals surface area (Å²) in [6.45, 7) is 0. The molecule has 0 saturated heterocycles. The number of H-pyrrole nitrogens is 1. The van der Waals surface area contributed by atoms with Crippen LogP contribution < -0.4 is 0 Å². The van der Waals surface area contributed by atoms with Crippen LogP contribution in [0.3, 0.4) is 0 Å². The maximum atomic E-state index is 11.9. The van der Waals surface area contributed by atoms with Gasteiger partial charge in [0.05, 0.1) is 11.2 Å². The van der Waals surface area contributed by atoms with Gasteiger partial charge in [0.25, 0.3) is 9.84 Å². The van der Waals surface area contributed by atoms with E-state index in [-0.39, 0.29) is 5.02 Å². The van der Waals surface area contributed by atoms with Crippen LogP contribution in [0.1, 0.15) is 0 Å². The second-order valence-corrected chi connectivity index (χ2v) is 4.11. The molecule has 0 amide bonds. The quantitative estimate of drug-likeness (QED) is 0.804. The molecule has 0 aromatic carbocycles. The van der Waals surface area contributed by atoms with Crippen LogP contribution in [0, 0.1) is 0 Å². The molecule has 0 aliphatic heterocycles. The summed E-state index contributed by atoms with van der Waals surface area (Å²) in [4.78, 5) is 0. The lowest BCUT2D eigenvalue weighted by molar-refractivity contribution is 0.234. The first-order chi connectivity index (χ1) is 5.46. The third-order valence-corrected chi connectivity index (χ3v) is 2.83. The molecule has 0 spiro atoms. The fourth-order valence-corrected chi connectivity index (χ4v) is 1.64. The van der Waals surface area contributed by atoms with E-state index in [1.807, 2.05) is 5.10 Å². The largest absolute Gasteiger partial charge is 0.342 e. The molecule has 1 heterocycles. The average Bonchev–Trinajstić information content (AvgIpc) is 2.35. The lowest BCUT2D eigenvalue weighted by Gasteiger charge is -1.98. The van der Waals surface area contributed by atoms with Crippen LogP contribution in [0.15, 0.2) is 11.2 Å². The minimum atomic E-state index is -4.65. The van der Waals surface area contributed by atoms with Crippen LogP contribution in [-0.4, -0.2) is 24.4 Å². The minimum absolute atomic E-state index is 0.338. The molecule has 4 nitrogen and oxygen atoms in total. The topological polar surface area (TPSA) is 62.8 Å². The summed E-state index contributed by atoms with van der Waals surface area (Å²) in [5.74, 6) is -3.49. The molecule has 1 aromatic heterocycles. The molecule has 1 N–H and O–H groups in total. The number of rotatable bonds is 2. The summed E-state index contributed by atoms with van der Waals surface area (Å²) >= 11 is 5.26. The van der Waals surface area contributed by atoms with Crippen molar-refractivity contribution in [1.82, 2.24) is 10.2 Å². The summed E-state index contributed by atoms with van der Waals surface area (Å²) in [6.07, 6.45) is 0.941. The van der Waals surface area contributed by atoms with Crippen LogP contribution in [0.4, 0.5) is 8.78 Å². The van der Waals surface area contributed by atoms with Crippen LogP contribution in [-0.2, 0) is 9.84 Å². The molecule has 0 radical (unpaired) electrons. The molecule has 0 atom stereocenters.